The molecule has 0 aromatic carbocycles. The lowest BCUT2D eigenvalue weighted by atomic mass is 10.0. The van der Waals surface area contributed by atoms with E-state index in [0.29, 0.717) is 31.5 Å². The summed E-state index contributed by atoms with van der Waals surface area (Å²) in [6, 6.07) is 0. The summed E-state index contributed by atoms with van der Waals surface area (Å²) in [5.41, 5.74) is 0. The highest BCUT2D eigenvalue weighted by molar-refractivity contribution is 5.80. The van der Waals surface area contributed by atoms with Gasteiger partial charge in [-0.15, -0.1) is 0 Å². The molecule has 1 atom stereocenters. The van der Waals surface area contributed by atoms with Crippen molar-refractivity contribution in [3.8, 4) is 0 Å². The molecule has 1 saturated carbocycles. The first-order valence-electron chi connectivity index (χ1n) is 8.60. The summed E-state index contributed by atoms with van der Waals surface area (Å²) in [6.45, 7) is 2.97. The molecule has 1 saturated heterocycles. The Kier molecular flexibility index (Phi) is 7.49. The quantitative estimate of drug-likeness (QED) is 0.373. The molecular weight excluding hydrogens is 280 g/mol. The van der Waals surface area contributed by atoms with Gasteiger partial charge in [-0.3, -0.25) is 9.79 Å². The Morgan fingerprint density at radius 1 is 1.09 bits per heavy atom. The van der Waals surface area contributed by atoms with Gasteiger partial charge in [-0.25, -0.2) is 0 Å². The average molecular weight is 310 g/mol. The first-order chi connectivity index (χ1) is 10.8. The van der Waals surface area contributed by atoms with Crippen LogP contribution < -0.4 is 16.0 Å². The Hall–Kier alpha value is -1.30. The van der Waals surface area contributed by atoms with Gasteiger partial charge >= 0.3 is 0 Å². The number of carbonyl (C=O) groups is 1. The fourth-order valence-electron chi connectivity index (χ4n) is 3.17. The summed E-state index contributed by atoms with van der Waals surface area (Å²) in [4.78, 5) is 16.0. The fraction of sp³-hybridized carbons (Fsp3) is 0.875. The van der Waals surface area contributed by atoms with E-state index in [0.717, 1.165) is 32.0 Å². The molecule has 1 unspecified atom stereocenters. The number of guanidine groups is 1. The number of nitrogens with one attached hydrogen (secondary N) is 3. The Morgan fingerprint density at radius 2 is 1.86 bits per heavy atom. The topological polar surface area (TPSA) is 74.8 Å². The first-order valence-corrected chi connectivity index (χ1v) is 8.60. The van der Waals surface area contributed by atoms with Crippen molar-refractivity contribution in [1.82, 2.24) is 16.0 Å². The molecule has 0 bridgehead atoms. The summed E-state index contributed by atoms with van der Waals surface area (Å²) >= 11 is 0. The van der Waals surface area contributed by atoms with Gasteiger partial charge in [0.05, 0.1) is 6.10 Å². The van der Waals surface area contributed by atoms with Gasteiger partial charge in [-0.05, 0) is 31.6 Å². The van der Waals surface area contributed by atoms with Crippen LogP contribution in [0.1, 0.15) is 44.9 Å². The predicted octanol–water partition coefficient (Wildman–Crippen LogP) is 1.03. The molecule has 0 spiro atoms. The zero-order chi connectivity index (χ0) is 15.6. The van der Waals surface area contributed by atoms with Crippen LogP contribution in [0.2, 0.25) is 0 Å². The van der Waals surface area contributed by atoms with Crippen LogP contribution in [-0.2, 0) is 9.53 Å². The van der Waals surface area contributed by atoms with Crippen molar-refractivity contribution < 1.29 is 9.53 Å². The predicted molar refractivity (Wildman–Crippen MR) is 87.9 cm³/mol. The van der Waals surface area contributed by atoms with Crippen molar-refractivity contribution in [2.45, 2.75) is 51.0 Å². The van der Waals surface area contributed by atoms with E-state index in [-0.39, 0.29) is 5.91 Å². The Morgan fingerprint density at radius 3 is 2.55 bits per heavy atom. The largest absolute Gasteiger partial charge is 0.376 e. The van der Waals surface area contributed by atoms with Gasteiger partial charge in [0.1, 0.15) is 0 Å². The van der Waals surface area contributed by atoms with Crippen molar-refractivity contribution in [3.63, 3.8) is 0 Å². The third-order valence-electron chi connectivity index (χ3n) is 4.43. The molecule has 1 aliphatic heterocycles. The average Bonchev–Trinajstić information content (AvgIpc) is 3.20. The van der Waals surface area contributed by atoms with Gasteiger partial charge in [-0.2, -0.15) is 0 Å². The number of rotatable bonds is 7. The van der Waals surface area contributed by atoms with Crippen LogP contribution in [0.3, 0.4) is 0 Å². The maximum Gasteiger partial charge on any atom is 0.220 e. The SMILES string of the molecule is CN=C(NCCNC(=O)CC1CCCC1)NCC1CCCO1. The summed E-state index contributed by atoms with van der Waals surface area (Å²) in [5, 5.41) is 9.45. The molecule has 6 nitrogen and oxygen atoms in total. The van der Waals surface area contributed by atoms with Crippen LogP contribution in [0, 0.1) is 5.92 Å². The molecule has 2 fully saturated rings. The van der Waals surface area contributed by atoms with E-state index in [4.69, 9.17) is 4.74 Å². The minimum absolute atomic E-state index is 0.177. The molecule has 1 aliphatic carbocycles. The lowest BCUT2D eigenvalue weighted by molar-refractivity contribution is -0.121. The molecule has 6 heteroatoms. The van der Waals surface area contributed by atoms with Crippen molar-refractivity contribution >= 4 is 11.9 Å². The van der Waals surface area contributed by atoms with Crippen LogP contribution in [-0.4, -0.2) is 51.3 Å². The first kappa shape index (κ1) is 17.1. The molecule has 3 N–H and O–H groups in total. The number of hydrogen-bond acceptors (Lipinski definition) is 3. The molecule has 1 amide bonds. The summed E-state index contributed by atoms with van der Waals surface area (Å²) in [7, 11) is 1.75. The standard InChI is InChI=1S/C16H30N4O2/c1-17-16(20-12-14-7-4-10-22-14)19-9-8-18-15(21)11-13-5-2-3-6-13/h13-14H,2-12H2,1H3,(H,18,21)(H2,17,19,20). The van der Waals surface area contributed by atoms with Crippen molar-refractivity contribution in [3.05, 3.63) is 0 Å². The fourth-order valence-corrected chi connectivity index (χ4v) is 3.17. The zero-order valence-electron chi connectivity index (χ0n) is 13.7. The normalized spacial score (nSPS) is 22.8. The lowest BCUT2D eigenvalue weighted by Crippen LogP contribution is -2.43. The maximum absolute atomic E-state index is 11.8. The monoisotopic (exact) mass is 310 g/mol. The van der Waals surface area contributed by atoms with E-state index in [9.17, 15) is 4.79 Å². The van der Waals surface area contributed by atoms with Crippen molar-refractivity contribution in [2.24, 2.45) is 10.9 Å². The number of amides is 1. The minimum atomic E-state index is 0.177. The van der Waals surface area contributed by atoms with Gasteiger partial charge in [0.25, 0.3) is 0 Å². The van der Waals surface area contributed by atoms with Crippen molar-refractivity contribution in [2.75, 3.05) is 33.3 Å². The lowest BCUT2D eigenvalue weighted by Gasteiger charge is -2.15. The highest BCUT2D eigenvalue weighted by atomic mass is 16.5. The van der Waals surface area contributed by atoms with E-state index in [1.807, 2.05) is 0 Å². The highest BCUT2D eigenvalue weighted by Crippen LogP contribution is 2.27. The second kappa shape index (κ2) is 9.66. The van der Waals surface area contributed by atoms with Crippen LogP contribution >= 0.6 is 0 Å². The van der Waals surface area contributed by atoms with Gasteiger partial charge in [0.15, 0.2) is 5.96 Å². The molecule has 126 valence electrons. The van der Waals surface area contributed by atoms with Gasteiger partial charge < -0.3 is 20.7 Å². The van der Waals surface area contributed by atoms with Crippen molar-refractivity contribution in [1.29, 1.82) is 0 Å². The second-order valence-corrected chi connectivity index (χ2v) is 6.22. The van der Waals surface area contributed by atoms with Gasteiger partial charge in [0, 0.05) is 39.7 Å². The number of aliphatic imine (C=N–C) groups is 1. The number of nitrogens with zero attached hydrogens (tertiary/aromatic N) is 1. The van der Waals surface area contributed by atoms with E-state index in [1.54, 1.807) is 7.05 Å². The third-order valence-corrected chi connectivity index (χ3v) is 4.43. The molecule has 2 aliphatic rings. The summed E-state index contributed by atoms with van der Waals surface area (Å²) in [5.74, 6) is 1.55. The van der Waals surface area contributed by atoms with E-state index in [2.05, 4.69) is 20.9 Å². The van der Waals surface area contributed by atoms with Crippen LogP contribution in [0.5, 0.6) is 0 Å². The van der Waals surface area contributed by atoms with Crippen LogP contribution in [0.4, 0.5) is 0 Å². The van der Waals surface area contributed by atoms with Crippen LogP contribution in [0.25, 0.3) is 0 Å². The molecular formula is C16H30N4O2. The smallest absolute Gasteiger partial charge is 0.220 e. The Bertz CT molecular complexity index is 361. The molecule has 0 aromatic heterocycles. The number of ether oxygens (including phenoxy) is 1. The molecule has 1 heterocycles. The molecule has 0 radical (unpaired) electrons. The van der Waals surface area contributed by atoms with Crippen LogP contribution in [0.15, 0.2) is 4.99 Å². The summed E-state index contributed by atoms with van der Waals surface area (Å²) < 4.78 is 5.57. The highest BCUT2D eigenvalue weighted by Gasteiger charge is 2.18. The Labute approximate surface area is 133 Å². The van der Waals surface area contributed by atoms with Gasteiger partial charge in [-0.1, -0.05) is 12.8 Å². The Balaban J connectivity index is 1.51. The molecule has 22 heavy (non-hydrogen) atoms. The van der Waals surface area contributed by atoms with E-state index < -0.39 is 0 Å². The zero-order valence-corrected chi connectivity index (χ0v) is 13.7. The van der Waals surface area contributed by atoms with E-state index in [1.165, 1.54) is 25.7 Å². The minimum Gasteiger partial charge on any atom is -0.376 e. The molecule has 0 aromatic rings. The van der Waals surface area contributed by atoms with Gasteiger partial charge in [0.2, 0.25) is 5.91 Å². The molecule has 2 rings (SSSR count). The number of hydrogen-bond donors (Lipinski definition) is 3. The maximum atomic E-state index is 11.8. The summed E-state index contributed by atoms with van der Waals surface area (Å²) in [6.07, 6.45) is 8.23. The van der Waals surface area contributed by atoms with E-state index >= 15 is 0 Å². The second-order valence-electron chi connectivity index (χ2n) is 6.22. The third kappa shape index (κ3) is 6.22. The number of carbonyl (C=O) groups excluding carboxylic acids is 1.